The summed E-state index contributed by atoms with van der Waals surface area (Å²) in [6.07, 6.45) is 74.2. The Kier molecular flexibility index (Phi) is 60.9. The number of nitrogens with one attached hydrogen (secondary N) is 1. The summed E-state index contributed by atoms with van der Waals surface area (Å²) in [5.74, 6) is -0.178. The molecule has 0 radical (unpaired) electrons. The molecular formula is C75H139NO10. The van der Waals surface area contributed by atoms with Crippen LogP contribution >= 0.6 is 0 Å². The molecule has 1 aliphatic heterocycles. The zero-order valence-electron chi connectivity index (χ0n) is 56.0. The Labute approximate surface area is 529 Å². The Morgan fingerprint density at radius 2 is 0.779 bits per heavy atom. The average Bonchev–Trinajstić information content (AvgIpc) is 3.60. The van der Waals surface area contributed by atoms with Gasteiger partial charge in [-0.15, -0.1) is 0 Å². The van der Waals surface area contributed by atoms with Gasteiger partial charge in [0.2, 0.25) is 5.91 Å². The van der Waals surface area contributed by atoms with Crippen LogP contribution in [0, 0.1) is 0 Å². The molecule has 0 bridgehead atoms. The molecule has 0 aromatic rings. The van der Waals surface area contributed by atoms with Crippen molar-refractivity contribution in [3.63, 3.8) is 0 Å². The van der Waals surface area contributed by atoms with Crippen LogP contribution in [-0.4, -0.2) is 100 Å². The number of hydrogen-bond acceptors (Lipinski definition) is 10. The summed E-state index contributed by atoms with van der Waals surface area (Å²) in [4.78, 5) is 25.1. The SMILES string of the molecule is CCCCCC/C=C\C/C=C\CCCCCCCCCC(=O)OCCCCCCCCCCCCCC/C=C\CCCCCCCCCCCCCCCCCC(=O)NC(COC1OC(CO)C(O)C(O)C1O)C(O)/C=C/CCCCCCCCC. The van der Waals surface area contributed by atoms with Crippen molar-refractivity contribution in [1.29, 1.82) is 0 Å². The van der Waals surface area contributed by atoms with Gasteiger partial charge in [0, 0.05) is 12.8 Å². The number of carbonyl (C=O) groups excluding carboxylic acids is 2. The quantitative estimate of drug-likeness (QED) is 0.0195. The summed E-state index contributed by atoms with van der Waals surface area (Å²) in [5.41, 5.74) is 0. The molecule has 11 nitrogen and oxygen atoms in total. The van der Waals surface area contributed by atoms with Crippen LogP contribution in [-0.2, 0) is 23.8 Å². The molecule has 11 heteroatoms. The van der Waals surface area contributed by atoms with E-state index in [2.05, 4.69) is 55.6 Å². The largest absolute Gasteiger partial charge is 0.466 e. The maximum Gasteiger partial charge on any atom is 0.305 e. The topological polar surface area (TPSA) is 175 Å². The van der Waals surface area contributed by atoms with Gasteiger partial charge in [0.05, 0.1) is 32.0 Å². The summed E-state index contributed by atoms with van der Waals surface area (Å²) in [7, 11) is 0. The molecule has 1 rings (SSSR count). The molecule has 1 amide bonds. The average molecular weight is 1210 g/mol. The summed E-state index contributed by atoms with van der Waals surface area (Å²) >= 11 is 0. The first-order chi connectivity index (χ1) is 42.2. The smallest absolute Gasteiger partial charge is 0.305 e. The molecule has 1 aliphatic rings. The Morgan fingerprint density at radius 1 is 0.430 bits per heavy atom. The van der Waals surface area contributed by atoms with Gasteiger partial charge in [-0.1, -0.05) is 300 Å². The summed E-state index contributed by atoms with van der Waals surface area (Å²) in [6, 6.07) is -0.807. The summed E-state index contributed by atoms with van der Waals surface area (Å²) < 4.78 is 16.7. The molecular weight excluding hydrogens is 1070 g/mol. The van der Waals surface area contributed by atoms with Gasteiger partial charge >= 0.3 is 5.97 Å². The Bertz CT molecular complexity index is 1570. The van der Waals surface area contributed by atoms with Gasteiger partial charge in [-0.05, 0) is 89.9 Å². The van der Waals surface area contributed by atoms with Crippen molar-refractivity contribution in [2.24, 2.45) is 0 Å². The highest BCUT2D eigenvalue weighted by Gasteiger charge is 2.44. The summed E-state index contributed by atoms with van der Waals surface area (Å²) in [5, 5.41) is 54.3. The molecule has 7 atom stereocenters. The molecule has 1 heterocycles. The zero-order valence-corrected chi connectivity index (χ0v) is 56.0. The second-order valence-electron chi connectivity index (χ2n) is 25.6. The predicted octanol–water partition coefficient (Wildman–Crippen LogP) is 19.1. The number of unbranched alkanes of at least 4 members (excludes halogenated alkanes) is 45. The third-order valence-corrected chi connectivity index (χ3v) is 17.4. The maximum atomic E-state index is 13.0. The standard InChI is InChI=1S/C75H139NO10/c1-3-5-7-9-11-13-14-15-16-17-34-37-40-43-47-51-55-59-63-71(80)84-64-60-56-52-48-44-41-38-35-32-30-28-26-24-22-20-18-19-21-23-25-27-29-31-33-36-39-42-46-50-54-58-62-70(79)76-67(68(78)61-57-53-49-45-12-10-8-6-4-2)66-85-75-74(83)73(82)72(81)69(65-77)86-75/h13-14,16-17,20,22,57,61,67-69,72-75,77-78,81-83H,3-12,15,18-19,21,23-56,58-60,62-66H2,1-2H3,(H,76,79)/b14-13-,17-16-,22-20-,61-57+. The van der Waals surface area contributed by atoms with Crippen LogP contribution in [0.4, 0.5) is 0 Å². The zero-order chi connectivity index (χ0) is 62.3. The van der Waals surface area contributed by atoms with Crippen molar-refractivity contribution in [2.45, 2.75) is 397 Å². The molecule has 86 heavy (non-hydrogen) atoms. The monoisotopic (exact) mass is 1210 g/mol. The van der Waals surface area contributed by atoms with E-state index in [0.29, 0.717) is 19.4 Å². The van der Waals surface area contributed by atoms with E-state index in [9.17, 15) is 35.1 Å². The minimum absolute atomic E-state index is 0.00250. The van der Waals surface area contributed by atoms with Gasteiger partial charge in [0.25, 0.3) is 0 Å². The first-order valence-electron chi connectivity index (χ1n) is 36.9. The van der Waals surface area contributed by atoms with Crippen molar-refractivity contribution in [2.75, 3.05) is 19.8 Å². The third-order valence-electron chi connectivity index (χ3n) is 17.4. The van der Waals surface area contributed by atoms with E-state index in [1.807, 2.05) is 6.08 Å². The number of aliphatic hydroxyl groups is 5. The van der Waals surface area contributed by atoms with Crippen LogP contribution in [0.15, 0.2) is 48.6 Å². The second kappa shape index (κ2) is 64.2. The molecule has 0 saturated carbocycles. The lowest BCUT2D eigenvalue weighted by Crippen LogP contribution is -2.60. The predicted molar refractivity (Wildman–Crippen MR) is 361 cm³/mol. The highest BCUT2D eigenvalue weighted by atomic mass is 16.7. The lowest BCUT2D eigenvalue weighted by molar-refractivity contribution is -0.302. The van der Waals surface area contributed by atoms with Crippen molar-refractivity contribution in [1.82, 2.24) is 5.32 Å². The molecule has 504 valence electrons. The molecule has 6 N–H and O–H groups in total. The second-order valence-corrected chi connectivity index (χ2v) is 25.6. The van der Waals surface area contributed by atoms with Gasteiger partial charge in [0.1, 0.15) is 24.4 Å². The summed E-state index contributed by atoms with van der Waals surface area (Å²) in [6.45, 7) is 4.32. The van der Waals surface area contributed by atoms with Gasteiger partial charge in [-0.3, -0.25) is 9.59 Å². The number of hydrogen-bond donors (Lipinski definition) is 6. The van der Waals surface area contributed by atoms with Gasteiger partial charge in [-0.2, -0.15) is 0 Å². The van der Waals surface area contributed by atoms with Crippen LogP contribution in [0.3, 0.4) is 0 Å². The normalized spacial score (nSPS) is 18.2. The highest BCUT2D eigenvalue weighted by molar-refractivity contribution is 5.76. The Morgan fingerprint density at radius 3 is 1.20 bits per heavy atom. The molecule has 1 fully saturated rings. The minimum Gasteiger partial charge on any atom is -0.466 e. The van der Waals surface area contributed by atoms with E-state index in [4.69, 9.17) is 14.2 Å². The van der Waals surface area contributed by atoms with Gasteiger partial charge in [0.15, 0.2) is 6.29 Å². The van der Waals surface area contributed by atoms with E-state index < -0.39 is 49.5 Å². The van der Waals surface area contributed by atoms with Crippen molar-refractivity contribution in [3.05, 3.63) is 48.6 Å². The molecule has 0 aromatic carbocycles. The highest BCUT2D eigenvalue weighted by Crippen LogP contribution is 2.23. The van der Waals surface area contributed by atoms with Gasteiger partial charge < -0.3 is 45.1 Å². The third kappa shape index (κ3) is 52.4. The van der Waals surface area contributed by atoms with Crippen molar-refractivity contribution >= 4 is 11.9 Å². The molecule has 7 unspecified atom stereocenters. The lowest BCUT2D eigenvalue weighted by Gasteiger charge is -2.40. The number of esters is 1. The Hall–Kier alpha value is -2.38. The molecule has 0 aliphatic carbocycles. The minimum atomic E-state index is -1.57. The maximum absolute atomic E-state index is 13.0. The first kappa shape index (κ1) is 81.6. The van der Waals surface area contributed by atoms with E-state index in [-0.39, 0.29) is 18.5 Å². The lowest BCUT2D eigenvalue weighted by atomic mass is 9.99. The van der Waals surface area contributed by atoms with Crippen LogP contribution in [0.1, 0.15) is 354 Å². The number of carbonyl (C=O) groups is 2. The Balaban J connectivity index is 1.89. The van der Waals surface area contributed by atoms with Crippen LogP contribution in [0.5, 0.6) is 0 Å². The van der Waals surface area contributed by atoms with Crippen molar-refractivity contribution < 1.29 is 49.3 Å². The first-order valence-corrected chi connectivity index (χ1v) is 36.9. The van der Waals surface area contributed by atoms with E-state index in [0.717, 1.165) is 64.2 Å². The van der Waals surface area contributed by atoms with Crippen LogP contribution < -0.4 is 5.32 Å². The fourth-order valence-electron chi connectivity index (χ4n) is 11.6. The van der Waals surface area contributed by atoms with E-state index in [1.165, 1.54) is 263 Å². The molecule has 0 aromatic heterocycles. The number of rotatable bonds is 65. The van der Waals surface area contributed by atoms with Crippen LogP contribution in [0.2, 0.25) is 0 Å². The van der Waals surface area contributed by atoms with Crippen LogP contribution in [0.25, 0.3) is 0 Å². The number of allylic oxidation sites excluding steroid dienone is 7. The number of aliphatic hydroxyl groups excluding tert-OH is 5. The fraction of sp³-hybridized carbons (Fsp3) is 0.867. The number of ether oxygens (including phenoxy) is 3. The van der Waals surface area contributed by atoms with E-state index >= 15 is 0 Å². The molecule has 1 saturated heterocycles. The van der Waals surface area contributed by atoms with Crippen molar-refractivity contribution in [3.8, 4) is 0 Å². The fourth-order valence-corrected chi connectivity index (χ4v) is 11.6. The number of amides is 1. The molecule has 0 spiro atoms. The van der Waals surface area contributed by atoms with Gasteiger partial charge in [-0.25, -0.2) is 0 Å². The van der Waals surface area contributed by atoms with E-state index in [1.54, 1.807) is 6.08 Å².